The number of carboxylic acid groups (broad SMARTS) is 1. The van der Waals surface area contributed by atoms with Crippen molar-refractivity contribution in [1.82, 2.24) is 0 Å². The van der Waals surface area contributed by atoms with Gasteiger partial charge in [-0.25, -0.2) is 0 Å². The van der Waals surface area contributed by atoms with Crippen LogP contribution in [0.5, 0.6) is 0 Å². The molecule has 0 aliphatic rings. The second kappa shape index (κ2) is 5.97. The van der Waals surface area contributed by atoms with Crippen molar-refractivity contribution in [1.29, 1.82) is 0 Å². The van der Waals surface area contributed by atoms with Crippen molar-refractivity contribution in [2.45, 2.75) is 18.8 Å². The van der Waals surface area contributed by atoms with E-state index >= 15 is 0 Å². The number of aliphatic carboxylic acids is 1. The van der Waals surface area contributed by atoms with Gasteiger partial charge in [0, 0.05) is 12.2 Å². The minimum atomic E-state index is -1.12. The number of aryl methyl sites for hydroxylation is 1. The van der Waals surface area contributed by atoms with E-state index in [4.69, 9.17) is 11.5 Å². The van der Waals surface area contributed by atoms with E-state index in [-0.39, 0.29) is 6.54 Å². The molecule has 0 spiro atoms. The lowest BCUT2D eigenvalue weighted by atomic mass is 9.75. The zero-order chi connectivity index (χ0) is 15.5. The molecule has 4 nitrogen and oxygen atoms in total. The fraction of sp³-hybridized carbons (Fsp3) is 0.235. The van der Waals surface area contributed by atoms with Crippen molar-refractivity contribution in [3.63, 3.8) is 0 Å². The topological polar surface area (TPSA) is 89.3 Å². The standard InChI is InChI=1S/C17H20N2O2/c1-12-3-2-4-14(9-12)17(11-18,16(20)21)10-13-5-7-15(19)8-6-13/h2-9H,10-11,18-19H2,1H3,(H,20,21). The molecule has 0 heterocycles. The number of carbonyl (C=O) groups is 1. The number of benzene rings is 2. The summed E-state index contributed by atoms with van der Waals surface area (Å²) in [7, 11) is 0. The highest BCUT2D eigenvalue weighted by molar-refractivity contribution is 5.82. The Morgan fingerprint density at radius 2 is 1.86 bits per heavy atom. The van der Waals surface area contributed by atoms with Gasteiger partial charge in [0.25, 0.3) is 0 Å². The monoisotopic (exact) mass is 284 g/mol. The highest BCUT2D eigenvalue weighted by atomic mass is 16.4. The first-order valence-corrected chi connectivity index (χ1v) is 6.83. The highest BCUT2D eigenvalue weighted by Gasteiger charge is 2.39. The molecule has 2 aromatic carbocycles. The second-order valence-corrected chi connectivity index (χ2v) is 5.38. The molecule has 0 amide bonds. The molecular formula is C17H20N2O2. The summed E-state index contributed by atoms with van der Waals surface area (Å²) in [5, 5.41) is 9.78. The lowest BCUT2D eigenvalue weighted by Crippen LogP contribution is -2.45. The van der Waals surface area contributed by atoms with Crippen LogP contribution in [0.15, 0.2) is 48.5 Å². The zero-order valence-electron chi connectivity index (χ0n) is 12.0. The number of hydrogen-bond donors (Lipinski definition) is 3. The van der Waals surface area contributed by atoms with Gasteiger partial charge in [0.1, 0.15) is 5.41 Å². The minimum Gasteiger partial charge on any atom is -0.481 e. The number of anilines is 1. The summed E-state index contributed by atoms with van der Waals surface area (Å²) in [6, 6.07) is 14.8. The summed E-state index contributed by atoms with van der Waals surface area (Å²) in [5.41, 5.74) is 13.7. The fourth-order valence-corrected chi connectivity index (χ4v) is 2.51. The molecule has 0 aliphatic carbocycles. The van der Waals surface area contributed by atoms with Gasteiger partial charge in [0.05, 0.1) is 0 Å². The van der Waals surface area contributed by atoms with Gasteiger partial charge in [-0.3, -0.25) is 4.79 Å². The first-order chi connectivity index (χ1) is 9.98. The van der Waals surface area contributed by atoms with E-state index < -0.39 is 11.4 Å². The van der Waals surface area contributed by atoms with E-state index in [1.807, 2.05) is 43.3 Å². The van der Waals surface area contributed by atoms with Crippen LogP contribution in [0, 0.1) is 6.92 Å². The van der Waals surface area contributed by atoms with E-state index in [1.165, 1.54) is 0 Å². The molecule has 1 unspecified atom stereocenters. The van der Waals surface area contributed by atoms with Gasteiger partial charge in [-0.1, -0.05) is 42.0 Å². The fourth-order valence-electron chi connectivity index (χ4n) is 2.51. The SMILES string of the molecule is Cc1cccc(C(CN)(Cc2ccc(N)cc2)C(=O)O)c1. The van der Waals surface area contributed by atoms with Crippen molar-refractivity contribution >= 4 is 11.7 Å². The van der Waals surface area contributed by atoms with Crippen molar-refractivity contribution in [2.75, 3.05) is 12.3 Å². The largest absolute Gasteiger partial charge is 0.481 e. The van der Waals surface area contributed by atoms with Gasteiger partial charge < -0.3 is 16.6 Å². The molecule has 21 heavy (non-hydrogen) atoms. The zero-order valence-corrected chi connectivity index (χ0v) is 12.0. The number of nitrogens with two attached hydrogens (primary N) is 2. The number of rotatable bonds is 5. The molecule has 4 heteroatoms. The van der Waals surface area contributed by atoms with Crippen LogP contribution < -0.4 is 11.5 Å². The summed E-state index contributed by atoms with van der Waals surface area (Å²) >= 11 is 0. The van der Waals surface area contributed by atoms with Gasteiger partial charge in [-0.15, -0.1) is 0 Å². The molecule has 110 valence electrons. The van der Waals surface area contributed by atoms with E-state index in [0.29, 0.717) is 12.1 Å². The average Bonchev–Trinajstić information content (AvgIpc) is 2.46. The van der Waals surface area contributed by atoms with Crippen LogP contribution in [0.3, 0.4) is 0 Å². The first kappa shape index (κ1) is 15.1. The molecule has 0 saturated carbocycles. The van der Waals surface area contributed by atoms with Crippen LogP contribution in [0.25, 0.3) is 0 Å². The van der Waals surface area contributed by atoms with Crippen LogP contribution in [0.1, 0.15) is 16.7 Å². The van der Waals surface area contributed by atoms with E-state index in [2.05, 4.69) is 0 Å². The quantitative estimate of drug-likeness (QED) is 0.733. The third-order valence-corrected chi connectivity index (χ3v) is 3.81. The Morgan fingerprint density at radius 1 is 1.19 bits per heavy atom. The van der Waals surface area contributed by atoms with E-state index in [9.17, 15) is 9.90 Å². The molecular weight excluding hydrogens is 264 g/mol. The molecule has 0 aromatic heterocycles. The minimum absolute atomic E-state index is 0.0379. The van der Waals surface area contributed by atoms with Gasteiger partial charge in [0.2, 0.25) is 0 Å². The number of nitrogen functional groups attached to an aromatic ring is 1. The molecule has 2 aromatic rings. The Labute approximate surface area is 124 Å². The lowest BCUT2D eigenvalue weighted by Gasteiger charge is -2.29. The van der Waals surface area contributed by atoms with Gasteiger partial charge in [-0.05, 0) is 36.6 Å². The van der Waals surface area contributed by atoms with Crippen LogP contribution in [-0.4, -0.2) is 17.6 Å². The van der Waals surface area contributed by atoms with Crippen LogP contribution in [0.4, 0.5) is 5.69 Å². The average molecular weight is 284 g/mol. The first-order valence-electron chi connectivity index (χ1n) is 6.83. The summed E-state index contributed by atoms with van der Waals surface area (Å²) in [5.74, 6) is -0.910. The highest BCUT2D eigenvalue weighted by Crippen LogP contribution is 2.29. The van der Waals surface area contributed by atoms with Gasteiger partial charge in [-0.2, -0.15) is 0 Å². The van der Waals surface area contributed by atoms with Crippen LogP contribution in [0.2, 0.25) is 0 Å². The van der Waals surface area contributed by atoms with Crippen LogP contribution in [-0.2, 0) is 16.6 Å². The third kappa shape index (κ3) is 3.06. The van der Waals surface area contributed by atoms with Crippen LogP contribution >= 0.6 is 0 Å². The molecule has 1 atom stereocenters. The Bertz CT molecular complexity index is 637. The molecule has 0 fully saturated rings. The maximum absolute atomic E-state index is 11.9. The van der Waals surface area contributed by atoms with Crippen molar-refractivity contribution < 1.29 is 9.90 Å². The Morgan fingerprint density at radius 3 is 2.38 bits per heavy atom. The molecule has 5 N–H and O–H groups in total. The summed E-state index contributed by atoms with van der Waals surface area (Å²) in [6.45, 7) is 1.98. The van der Waals surface area contributed by atoms with E-state index in [1.54, 1.807) is 12.1 Å². The van der Waals surface area contributed by atoms with Crippen molar-refractivity contribution in [3.05, 3.63) is 65.2 Å². The second-order valence-electron chi connectivity index (χ2n) is 5.38. The normalized spacial score (nSPS) is 13.6. The molecule has 0 radical (unpaired) electrons. The van der Waals surface area contributed by atoms with E-state index in [0.717, 1.165) is 16.7 Å². The maximum atomic E-state index is 11.9. The molecule has 0 saturated heterocycles. The third-order valence-electron chi connectivity index (χ3n) is 3.81. The smallest absolute Gasteiger partial charge is 0.315 e. The molecule has 0 aliphatic heterocycles. The summed E-state index contributed by atoms with van der Waals surface area (Å²) in [6.07, 6.45) is 0.336. The summed E-state index contributed by atoms with van der Waals surface area (Å²) < 4.78 is 0. The molecule has 0 bridgehead atoms. The number of hydrogen-bond acceptors (Lipinski definition) is 3. The molecule has 2 rings (SSSR count). The Balaban J connectivity index is 2.46. The number of carboxylic acids is 1. The lowest BCUT2D eigenvalue weighted by molar-refractivity contribution is -0.143. The maximum Gasteiger partial charge on any atom is 0.315 e. The Hall–Kier alpha value is -2.33. The van der Waals surface area contributed by atoms with Gasteiger partial charge >= 0.3 is 5.97 Å². The predicted molar refractivity (Wildman–Crippen MR) is 84.1 cm³/mol. The van der Waals surface area contributed by atoms with Gasteiger partial charge in [0.15, 0.2) is 0 Å². The summed E-state index contributed by atoms with van der Waals surface area (Å²) in [4.78, 5) is 11.9. The Kier molecular flexibility index (Phi) is 4.29. The van der Waals surface area contributed by atoms with Crippen molar-refractivity contribution in [2.24, 2.45) is 5.73 Å². The predicted octanol–water partition coefficient (Wildman–Crippen LogP) is 2.10. The van der Waals surface area contributed by atoms with Crippen molar-refractivity contribution in [3.8, 4) is 0 Å².